The Kier molecular flexibility index (Phi) is 4.51. The molecule has 0 atom stereocenters. The average Bonchev–Trinajstić information content (AvgIpc) is 2.47. The second kappa shape index (κ2) is 6.55. The van der Waals surface area contributed by atoms with Crippen molar-refractivity contribution in [2.24, 2.45) is 0 Å². The van der Waals surface area contributed by atoms with Crippen LogP contribution in [-0.2, 0) is 9.53 Å². The van der Waals surface area contributed by atoms with Crippen LogP contribution in [0.2, 0.25) is 0 Å². The first-order valence-electron chi connectivity index (χ1n) is 6.30. The first-order chi connectivity index (χ1) is 9.29. The number of ether oxygens (including phenoxy) is 1. The van der Waals surface area contributed by atoms with E-state index in [1.54, 1.807) is 13.0 Å². The highest BCUT2D eigenvalue weighted by atomic mass is 16.5. The minimum atomic E-state index is -0.311. The van der Waals surface area contributed by atoms with Crippen LogP contribution in [0, 0.1) is 0 Å². The Balaban J connectivity index is 2.09. The van der Waals surface area contributed by atoms with Crippen molar-refractivity contribution in [1.82, 2.24) is 0 Å². The van der Waals surface area contributed by atoms with Crippen molar-refractivity contribution in [3.63, 3.8) is 0 Å². The molecular formula is C17H16O2. The Labute approximate surface area is 113 Å². The molecule has 0 radical (unpaired) electrons. The van der Waals surface area contributed by atoms with Crippen LogP contribution in [-0.4, -0.2) is 12.6 Å². The van der Waals surface area contributed by atoms with Gasteiger partial charge in [0, 0.05) is 6.08 Å². The molecule has 0 bridgehead atoms. The minimum Gasteiger partial charge on any atom is -0.463 e. The summed E-state index contributed by atoms with van der Waals surface area (Å²) in [5.41, 5.74) is 3.32. The van der Waals surface area contributed by atoms with Gasteiger partial charge in [0.05, 0.1) is 6.61 Å². The highest BCUT2D eigenvalue weighted by Crippen LogP contribution is 2.19. The first kappa shape index (κ1) is 13.1. The molecule has 0 aliphatic rings. The third-order valence-electron chi connectivity index (χ3n) is 2.72. The normalized spacial score (nSPS) is 10.6. The van der Waals surface area contributed by atoms with Gasteiger partial charge >= 0.3 is 5.97 Å². The summed E-state index contributed by atoms with van der Waals surface area (Å²) in [7, 11) is 0. The van der Waals surface area contributed by atoms with Crippen LogP contribution >= 0.6 is 0 Å². The molecule has 0 aliphatic carbocycles. The topological polar surface area (TPSA) is 26.3 Å². The zero-order valence-electron chi connectivity index (χ0n) is 10.9. The summed E-state index contributed by atoms with van der Waals surface area (Å²) in [6.07, 6.45) is 3.20. The fourth-order valence-corrected chi connectivity index (χ4v) is 1.77. The van der Waals surface area contributed by atoms with Gasteiger partial charge in [0.2, 0.25) is 0 Å². The van der Waals surface area contributed by atoms with E-state index in [2.05, 4.69) is 12.1 Å². The van der Waals surface area contributed by atoms with Crippen LogP contribution in [0.25, 0.3) is 17.2 Å². The van der Waals surface area contributed by atoms with E-state index in [1.807, 2.05) is 42.5 Å². The van der Waals surface area contributed by atoms with Gasteiger partial charge in [-0.2, -0.15) is 0 Å². The van der Waals surface area contributed by atoms with E-state index in [-0.39, 0.29) is 5.97 Å². The lowest BCUT2D eigenvalue weighted by molar-refractivity contribution is -0.137. The van der Waals surface area contributed by atoms with Crippen LogP contribution in [0.5, 0.6) is 0 Å². The van der Waals surface area contributed by atoms with E-state index in [9.17, 15) is 4.79 Å². The van der Waals surface area contributed by atoms with Gasteiger partial charge in [0.15, 0.2) is 0 Å². The maximum absolute atomic E-state index is 11.2. The van der Waals surface area contributed by atoms with E-state index >= 15 is 0 Å². The molecule has 2 nitrogen and oxygen atoms in total. The molecular weight excluding hydrogens is 236 g/mol. The molecule has 0 aromatic heterocycles. The molecule has 0 saturated carbocycles. The van der Waals surface area contributed by atoms with Gasteiger partial charge in [-0.3, -0.25) is 0 Å². The van der Waals surface area contributed by atoms with Crippen LogP contribution < -0.4 is 0 Å². The van der Waals surface area contributed by atoms with Gasteiger partial charge in [-0.15, -0.1) is 0 Å². The zero-order chi connectivity index (χ0) is 13.5. The molecule has 0 N–H and O–H groups in total. The molecule has 0 saturated heterocycles. The molecule has 19 heavy (non-hydrogen) atoms. The summed E-state index contributed by atoms with van der Waals surface area (Å²) in [6.45, 7) is 2.19. The number of carbonyl (C=O) groups is 1. The predicted molar refractivity (Wildman–Crippen MR) is 77.5 cm³/mol. The van der Waals surface area contributed by atoms with Gasteiger partial charge in [-0.05, 0) is 29.7 Å². The van der Waals surface area contributed by atoms with Crippen molar-refractivity contribution in [3.05, 3.63) is 66.2 Å². The van der Waals surface area contributed by atoms with Gasteiger partial charge in [0.25, 0.3) is 0 Å². The maximum Gasteiger partial charge on any atom is 0.330 e. The van der Waals surface area contributed by atoms with Crippen molar-refractivity contribution >= 4 is 12.0 Å². The zero-order valence-corrected chi connectivity index (χ0v) is 10.9. The molecule has 2 aromatic rings. The second-order valence-corrected chi connectivity index (χ2v) is 4.07. The lowest BCUT2D eigenvalue weighted by Gasteiger charge is -2.01. The lowest BCUT2D eigenvalue weighted by atomic mass is 10.0. The Morgan fingerprint density at radius 1 is 1.00 bits per heavy atom. The van der Waals surface area contributed by atoms with E-state index in [0.29, 0.717) is 6.61 Å². The molecule has 2 heteroatoms. The highest BCUT2D eigenvalue weighted by molar-refractivity contribution is 5.87. The fraction of sp³-hybridized carbons (Fsp3) is 0.118. The van der Waals surface area contributed by atoms with Crippen molar-refractivity contribution in [2.75, 3.05) is 6.61 Å². The molecule has 2 aromatic carbocycles. The minimum absolute atomic E-state index is 0.311. The van der Waals surface area contributed by atoms with E-state index in [0.717, 1.165) is 11.1 Å². The third-order valence-corrected chi connectivity index (χ3v) is 2.72. The fourth-order valence-electron chi connectivity index (χ4n) is 1.77. The summed E-state index contributed by atoms with van der Waals surface area (Å²) < 4.78 is 4.83. The van der Waals surface area contributed by atoms with Crippen molar-refractivity contribution in [3.8, 4) is 11.1 Å². The van der Waals surface area contributed by atoms with Crippen LogP contribution in [0.15, 0.2) is 60.7 Å². The molecule has 96 valence electrons. The number of rotatable bonds is 4. The number of benzene rings is 2. The lowest BCUT2D eigenvalue weighted by Crippen LogP contribution is -1.98. The van der Waals surface area contributed by atoms with Gasteiger partial charge in [-0.1, -0.05) is 54.6 Å². The molecule has 0 amide bonds. The molecule has 0 fully saturated rings. The monoisotopic (exact) mass is 252 g/mol. The van der Waals surface area contributed by atoms with Crippen molar-refractivity contribution < 1.29 is 9.53 Å². The number of hydrogen-bond acceptors (Lipinski definition) is 2. The SMILES string of the molecule is CCOC(=O)C=Cc1ccc(-c2ccccc2)cc1. The summed E-state index contributed by atoms with van der Waals surface area (Å²) in [5.74, 6) is -0.311. The Morgan fingerprint density at radius 2 is 1.63 bits per heavy atom. The average molecular weight is 252 g/mol. The van der Waals surface area contributed by atoms with Gasteiger partial charge in [0.1, 0.15) is 0 Å². The Morgan fingerprint density at radius 3 is 2.26 bits per heavy atom. The summed E-state index contributed by atoms with van der Waals surface area (Å²) in [6, 6.07) is 18.2. The van der Waals surface area contributed by atoms with E-state index < -0.39 is 0 Å². The number of hydrogen-bond donors (Lipinski definition) is 0. The quantitative estimate of drug-likeness (QED) is 0.608. The van der Waals surface area contributed by atoms with Gasteiger partial charge < -0.3 is 4.74 Å². The van der Waals surface area contributed by atoms with Crippen LogP contribution in [0.4, 0.5) is 0 Å². The standard InChI is InChI=1S/C17H16O2/c1-2-19-17(18)13-10-14-8-11-16(12-9-14)15-6-4-3-5-7-15/h3-13H,2H2,1H3. The molecule has 0 heterocycles. The summed E-state index contributed by atoms with van der Waals surface area (Å²) in [5, 5.41) is 0. The largest absolute Gasteiger partial charge is 0.463 e. The number of esters is 1. The predicted octanol–water partition coefficient (Wildman–Crippen LogP) is 3.93. The molecule has 0 unspecified atom stereocenters. The Hall–Kier alpha value is -2.35. The number of carbonyl (C=O) groups excluding carboxylic acids is 1. The van der Waals surface area contributed by atoms with Crippen molar-refractivity contribution in [2.45, 2.75) is 6.92 Å². The molecule has 2 rings (SSSR count). The van der Waals surface area contributed by atoms with Crippen LogP contribution in [0.1, 0.15) is 12.5 Å². The van der Waals surface area contributed by atoms with Crippen LogP contribution in [0.3, 0.4) is 0 Å². The first-order valence-corrected chi connectivity index (χ1v) is 6.30. The Bertz CT molecular complexity index is 554. The van der Waals surface area contributed by atoms with E-state index in [1.165, 1.54) is 11.6 Å². The van der Waals surface area contributed by atoms with Crippen molar-refractivity contribution in [1.29, 1.82) is 0 Å². The third kappa shape index (κ3) is 3.81. The highest BCUT2D eigenvalue weighted by Gasteiger charge is 1.97. The summed E-state index contributed by atoms with van der Waals surface area (Å²) in [4.78, 5) is 11.2. The molecule has 0 aliphatic heterocycles. The molecule has 0 spiro atoms. The summed E-state index contributed by atoms with van der Waals surface area (Å²) >= 11 is 0. The smallest absolute Gasteiger partial charge is 0.330 e. The second-order valence-electron chi connectivity index (χ2n) is 4.07. The van der Waals surface area contributed by atoms with Gasteiger partial charge in [-0.25, -0.2) is 4.79 Å². The maximum atomic E-state index is 11.2. The van der Waals surface area contributed by atoms with E-state index in [4.69, 9.17) is 4.74 Å².